The average molecular weight is 249 g/mol. The van der Waals surface area contributed by atoms with Crippen LogP contribution in [0.5, 0.6) is 0 Å². The first-order valence-electron chi connectivity index (χ1n) is 6.25. The van der Waals surface area contributed by atoms with Crippen LogP contribution in [0, 0.1) is 6.92 Å². The zero-order valence-corrected chi connectivity index (χ0v) is 10.8. The fourth-order valence-electron chi connectivity index (χ4n) is 2.76. The highest BCUT2D eigenvalue weighted by molar-refractivity contribution is 6.31. The molecule has 2 nitrogen and oxygen atoms in total. The summed E-state index contributed by atoms with van der Waals surface area (Å²) < 4.78 is 0. The Bertz CT molecular complexity index is 473. The van der Waals surface area contributed by atoms with Crippen molar-refractivity contribution in [3.05, 3.63) is 34.3 Å². The molecule has 0 aromatic heterocycles. The lowest BCUT2D eigenvalue weighted by Gasteiger charge is -2.42. The number of aliphatic imine (C=N–C) groups is 1. The maximum atomic E-state index is 6.04. The summed E-state index contributed by atoms with van der Waals surface area (Å²) >= 11 is 6.04. The molecule has 1 saturated heterocycles. The summed E-state index contributed by atoms with van der Waals surface area (Å²) in [5.41, 5.74) is 3.90. The van der Waals surface area contributed by atoms with Crippen LogP contribution in [-0.4, -0.2) is 24.3 Å². The summed E-state index contributed by atoms with van der Waals surface area (Å²) in [6.45, 7) is 4.26. The van der Waals surface area contributed by atoms with Gasteiger partial charge in [-0.3, -0.25) is 4.99 Å². The minimum absolute atomic E-state index is 0.258. The molecule has 1 aromatic carbocycles. The zero-order chi connectivity index (χ0) is 11.9. The number of piperidine rings is 1. The standard InChI is InChI=1S/C14H17ClN2/c1-10-8-11(2-3-12(10)15)13-9-14(17-13)4-6-16-7-5-14/h2-3,8,16H,4-7,9H2,1H3. The van der Waals surface area contributed by atoms with E-state index < -0.39 is 0 Å². The van der Waals surface area contributed by atoms with Crippen molar-refractivity contribution in [1.29, 1.82) is 0 Å². The molecule has 1 aromatic rings. The molecule has 2 aliphatic rings. The normalized spacial score (nSPS) is 22.1. The summed E-state index contributed by atoms with van der Waals surface area (Å²) in [6, 6.07) is 6.21. The van der Waals surface area contributed by atoms with Gasteiger partial charge in [-0.15, -0.1) is 0 Å². The second-order valence-corrected chi connectivity index (χ2v) is 5.58. The van der Waals surface area contributed by atoms with E-state index in [9.17, 15) is 0 Å². The van der Waals surface area contributed by atoms with Crippen molar-refractivity contribution >= 4 is 17.3 Å². The molecule has 0 radical (unpaired) electrons. The quantitative estimate of drug-likeness (QED) is 0.812. The van der Waals surface area contributed by atoms with Crippen molar-refractivity contribution in [3.8, 4) is 0 Å². The van der Waals surface area contributed by atoms with Gasteiger partial charge in [0.15, 0.2) is 0 Å². The Labute approximate surface area is 107 Å². The molecule has 1 fully saturated rings. The van der Waals surface area contributed by atoms with Gasteiger partial charge < -0.3 is 5.32 Å². The summed E-state index contributed by atoms with van der Waals surface area (Å²) in [5, 5.41) is 4.23. The van der Waals surface area contributed by atoms with E-state index in [1.165, 1.54) is 24.1 Å². The van der Waals surface area contributed by atoms with Gasteiger partial charge in [0.05, 0.1) is 5.54 Å². The van der Waals surface area contributed by atoms with E-state index in [2.05, 4.69) is 17.4 Å². The van der Waals surface area contributed by atoms with Gasteiger partial charge >= 0.3 is 0 Å². The van der Waals surface area contributed by atoms with E-state index >= 15 is 0 Å². The van der Waals surface area contributed by atoms with Crippen LogP contribution in [0.15, 0.2) is 23.2 Å². The topological polar surface area (TPSA) is 24.4 Å². The van der Waals surface area contributed by atoms with Crippen LogP contribution in [0.25, 0.3) is 0 Å². The molecule has 0 amide bonds. The first-order valence-corrected chi connectivity index (χ1v) is 6.62. The van der Waals surface area contributed by atoms with Crippen LogP contribution in [-0.2, 0) is 0 Å². The van der Waals surface area contributed by atoms with Crippen molar-refractivity contribution < 1.29 is 0 Å². The molecule has 2 aliphatic heterocycles. The molecule has 0 atom stereocenters. The number of benzene rings is 1. The van der Waals surface area contributed by atoms with Crippen molar-refractivity contribution in [3.63, 3.8) is 0 Å². The van der Waals surface area contributed by atoms with Crippen molar-refractivity contribution in [2.75, 3.05) is 13.1 Å². The van der Waals surface area contributed by atoms with Crippen molar-refractivity contribution in [2.24, 2.45) is 4.99 Å². The third-order valence-electron chi connectivity index (χ3n) is 3.89. The average Bonchev–Trinajstić information content (AvgIpc) is 2.31. The second kappa shape index (κ2) is 4.11. The van der Waals surface area contributed by atoms with Gasteiger partial charge in [-0.1, -0.05) is 17.7 Å². The lowest BCUT2D eigenvalue weighted by atomic mass is 9.77. The minimum Gasteiger partial charge on any atom is -0.317 e. The third kappa shape index (κ3) is 2.00. The second-order valence-electron chi connectivity index (χ2n) is 5.17. The number of nitrogens with one attached hydrogen (secondary N) is 1. The first-order chi connectivity index (χ1) is 8.19. The van der Waals surface area contributed by atoms with E-state index in [0.717, 1.165) is 30.1 Å². The Morgan fingerprint density at radius 2 is 2.00 bits per heavy atom. The van der Waals surface area contributed by atoms with E-state index in [0.29, 0.717) is 0 Å². The van der Waals surface area contributed by atoms with E-state index in [1.54, 1.807) is 0 Å². The van der Waals surface area contributed by atoms with Crippen LogP contribution in [0.4, 0.5) is 0 Å². The van der Waals surface area contributed by atoms with E-state index in [4.69, 9.17) is 16.6 Å². The molecule has 0 bridgehead atoms. The third-order valence-corrected chi connectivity index (χ3v) is 4.32. The Balaban J connectivity index is 1.83. The molecule has 0 unspecified atom stereocenters. The number of aryl methyl sites for hydroxylation is 1. The Morgan fingerprint density at radius 1 is 1.29 bits per heavy atom. The number of halogens is 1. The van der Waals surface area contributed by atoms with Gasteiger partial charge in [0.2, 0.25) is 0 Å². The molecular formula is C14H17ClN2. The lowest BCUT2D eigenvalue weighted by Crippen LogP contribution is -2.48. The lowest BCUT2D eigenvalue weighted by molar-refractivity contribution is 0.298. The molecule has 3 heteroatoms. The number of rotatable bonds is 1. The van der Waals surface area contributed by atoms with Gasteiger partial charge in [-0.25, -0.2) is 0 Å². The molecule has 3 rings (SSSR count). The summed E-state index contributed by atoms with van der Waals surface area (Å²) in [5.74, 6) is 0. The number of nitrogens with zero attached hydrogens (tertiary/aromatic N) is 1. The molecule has 2 heterocycles. The van der Waals surface area contributed by atoms with E-state index in [-0.39, 0.29) is 5.54 Å². The van der Waals surface area contributed by atoms with Crippen LogP contribution in [0.2, 0.25) is 5.02 Å². The molecule has 0 saturated carbocycles. The molecule has 1 spiro atoms. The van der Waals surface area contributed by atoms with Crippen LogP contribution < -0.4 is 5.32 Å². The number of hydrogen-bond donors (Lipinski definition) is 1. The SMILES string of the molecule is Cc1cc(C2=NC3(CCNCC3)C2)ccc1Cl. The van der Waals surface area contributed by atoms with Crippen LogP contribution in [0.1, 0.15) is 30.4 Å². The predicted molar refractivity (Wildman–Crippen MR) is 72.2 cm³/mol. The maximum Gasteiger partial charge on any atom is 0.0691 e. The molecule has 1 N–H and O–H groups in total. The molecule has 0 aliphatic carbocycles. The summed E-state index contributed by atoms with van der Waals surface area (Å²) in [4.78, 5) is 4.89. The molecule has 17 heavy (non-hydrogen) atoms. The van der Waals surface area contributed by atoms with Crippen LogP contribution in [0.3, 0.4) is 0 Å². The van der Waals surface area contributed by atoms with Gasteiger partial charge in [0.25, 0.3) is 0 Å². The smallest absolute Gasteiger partial charge is 0.0691 e. The predicted octanol–water partition coefficient (Wildman–Crippen LogP) is 2.96. The zero-order valence-electron chi connectivity index (χ0n) is 10.1. The number of hydrogen-bond acceptors (Lipinski definition) is 2. The van der Waals surface area contributed by atoms with Gasteiger partial charge in [0.1, 0.15) is 0 Å². The molecule has 90 valence electrons. The molecular weight excluding hydrogens is 232 g/mol. The fraction of sp³-hybridized carbons (Fsp3) is 0.500. The highest BCUT2D eigenvalue weighted by Crippen LogP contribution is 2.37. The highest BCUT2D eigenvalue weighted by Gasteiger charge is 2.39. The van der Waals surface area contributed by atoms with Gasteiger partial charge in [-0.2, -0.15) is 0 Å². The van der Waals surface area contributed by atoms with E-state index in [1.807, 2.05) is 13.0 Å². The largest absolute Gasteiger partial charge is 0.317 e. The minimum atomic E-state index is 0.258. The van der Waals surface area contributed by atoms with Gasteiger partial charge in [0, 0.05) is 17.2 Å². The Morgan fingerprint density at radius 3 is 2.65 bits per heavy atom. The summed E-state index contributed by atoms with van der Waals surface area (Å²) in [6.07, 6.45) is 3.50. The van der Waals surface area contributed by atoms with Gasteiger partial charge in [-0.05, 0) is 56.1 Å². The van der Waals surface area contributed by atoms with Crippen molar-refractivity contribution in [1.82, 2.24) is 5.32 Å². The monoisotopic (exact) mass is 248 g/mol. The Kier molecular flexibility index (Phi) is 2.72. The first kappa shape index (κ1) is 11.2. The maximum absolute atomic E-state index is 6.04. The fourth-order valence-corrected chi connectivity index (χ4v) is 2.87. The summed E-state index contributed by atoms with van der Waals surface area (Å²) in [7, 11) is 0. The van der Waals surface area contributed by atoms with Crippen molar-refractivity contribution in [2.45, 2.75) is 31.7 Å². The Hall–Kier alpha value is -0.860. The highest BCUT2D eigenvalue weighted by atomic mass is 35.5. The van der Waals surface area contributed by atoms with Crippen LogP contribution >= 0.6 is 11.6 Å².